The Labute approximate surface area is 128 Å². The lowest BCUT2D eigenvalue weighted by Gasteiger charge is -2.14. The summed E-state index contributed by atoms with van der Waals surface area (Å²) in [6.07, 6.45) is 1.02. The molecule has 0 aliphatic carbocycles. The van der Waals surface area contributed by atoms with Crippen LogP contribution in [-0.2, 0) is 16.0 Å². The molecule has 0 aliphatic rings. The summed E-state index contributed by atoms with van der Waals surface area (Å²) in [4.78, 5) is 16.3. The number of carbonyl (C=O) groups is 1. The van der Waals surface area contributed by atoms with Gasteiger partial charge < -0.3 is 9.84 Å². The van der Waals surface area contributed by atoms with Crippen LogP contribution in [0.1, 0.15) is 35.5 Å². The van der Waals surface area contributed by atoms with Crippen LogP contribution in [-0.4, -0.2) is 22.7 Å². The molecule has 2 rings (SSSR count). The number of aryl methyl sites for hydroxylation is 1. The van der Waals surface area contributed by atoms with Crippen LogP contribution in [0.3, 0.4) is 0 Å². The van der Waals surface area contributed by atoms with Crippen LogP contribution >= 0.6 is 11.3 Å². The molecule has 0 saturated carbocycles. The number of rotatable bonds is 6. The molecule has 2 aromatic rings. The van der Waals surface area contributed by atoms with Crippen molar-refractivity contribution in [1.82, 2.24) is 4.98 Å². The number of carbonyl (C=O) groups excluding carboxylic acids is 1. The Bertz CT molecular complexity index is 592. The van der Waals surface area contributed by atoms with Gasteiger partial charge in [0.15, 0.2) is 0 Å². The van der Waals surface area contributed by atoms with Crippen LogP contribution in [0.4, 0.5) is 0 Å². The smallest absolute Gasteiger partial charge is 0.306 e. The van der Waals surface area contributed by atoms with Crippen molar-refractivity contribution in [3.63, 3.8) is 0 Å². The van der Waals surface area contributed by atoms with E-state index >= 15 is 0 Å². The fraction of sp³-hybridized carbons (Fsp3) is 0.375. The van der Waals surface area contributed by atoms with Crippen LogP contribution in [0.25, 0.3) is 0 Å². The van der Waals surface area contributed by atoms with Gasteiger partial charge in [-0.05, 0) is 38.0 Å². The first-order valence-corrected chi connectivity index (χ1v) is 7.82. The van der Waals surface area contributed by atoms with Crippen molar-refractivity contribution in [3.8, 4) is 5.75 Å². The number of thiazole rings is 1. The molecule has 0 saturated heterocycles. The number of aromatic hydroxyl groups is 1. The van der Waals surface area contributed by atoms with E-state index < -0.39 is 0 Å². The summed E-state index contributed by atoms with van der Waals surface area (Å²) in [6, 6.07) is 7.05. The van der Waals surface area contributed by atoms with Crippen LogP contribution in [0.15, 0.2) is 29.6 Å². The van der Waals surface area contributed by atoms with Gasteiger partial charge in [-0.3, -0.25) is 4.79 Å². The number of benzene rings is 1. The summed E-state index contributed by atoms with van der Waals surface area (Å²) in [6.45, 7) is 4.14. The number of phenols is 1. The molecule has 1 aromatic heterocycles. The van der Waals surface area contributed by atoms with Crippen LogP contribution in [0.2, 0.25) is 0 Å². The third kappa shape index (κ3) is 4.56. The van der Waals surface area contributed by atoms with Gasteiger partial charge in [0.05, 0.1) is 18.0 Å². The van der Waals surface area contributed by atoms with Crippen molar-refractivity contribution in [2.45, 2.75) is 32.6 Å². The van der Waals surface area contributed by atoms with Gasteiger partial charge in [-0.15, -0.1) is 11.3 Å². The standard InChI is InChI=1S/C16H19NO3S/c1-3-20-15(19)9-13(16-17-11(2)10-21-16)8-12-4-6-14(18)7-5-12/h4-7,10,13,18H,3,8-9H2,1-2H3. The first-order chi connectivity index (χ1) is 10.1. The van der Waals surface area contributed by atoms with Gasteiger partial charge in [-0.1, -0.05) is 12.1 Å². The predicted octanol–water partition coefficient (Wildman–Crippen LogP) is 3.44. The second kappa shape index (κ2) is 7.22. The maximum absolute atomic E-state index is 11.8. The third-order valence-corrected chi connectivity index (χ3v) is 4.25. The summed E-state index contributed by atoms with van der Waals surface area (Å²) < 4.78 is 5.06. The van der Waals surface area contributed by atoms with Gasteiger partial charge in [0.25, 0.3) is 0 Å². The number of hydrogen-bond donors (Lipinski definition) is 1. The van der Waals surface area contributed by atoms with E-state index in [0.717, 1.165) is 16.3 Å². The minimum Gasteiger partial charge on any atom is -0.508 e. The van der Waals surface area contributed by atoms with Crippen LogP contribution in [0.5, 0.6) is 5.75 Å². The normalized spacial score (nSPS) is 12.1. The molecule has 21 heavy (non-hydrogen) atoms. The van der Waals surface area contributed by atoms with Gasteiger partial charge in [0.2, 0.25) is 0 Å². The fourth-order valence-corrected chi connectivity index (χ4v) is 3.04. The first-order valence-electron chi connectivity index (χ1n) is 6.94. The Hall–Kier alpha value is -1.88. The highest BCUT2D eigenvalue weighted by molar-refractivity contribution is 7.09. The molecule has 1 aromatic carbocycles. The fourth-order valence-electron chi connectivity index (χ4n) is 2.14. The van der Waals surface area contributed by atoms with Crippen molar-refractivity contribution in [1.29, 1.82) is 0 Å². The lowest BCUT2D eigenvalue weighted by molar-refractivity contribution is -0.143. The highest BCUT2D eigenvalue weighted by atomic mass is 32.1. The van der Waals surface area contributed by atoms with E-state index in [0.29, 0.717) is 19.4 Å². The van der Waals surface area contributed by atoms with E-state index in [4.69, 9.17) is 4.74 Å². The third-order valence-electron chi connectivity index (χ3n) is 3.12. The number of aromatic nitrogens is 1. The Balaban J connectivity index is 2.15. The van der Waals surface area contributed by atoms with Crippen LogP contribution < -0.4 is 0 Å². The van der Waals surface area contributed by atoms with Crippen molar-refractivity contribution >= 4 is 17.3 Å². The first kappa shape index (κ1) is 15.5. The van der Waals surface area contributed by atoms with Gasteiger partial charge in [0.1, 0.15) is 5.75 Å². The van der Waals surface area contributed by atoms with Crippen molar-refractivity contribution < 1.29 is 14.6 Å². The van der Waals surface area contributed by atoms with E-state index in [1.807, 2.05) is 24.4 Å². The summed E-state index contributed by atoms with van der Waals surface area (Å²) in [5, 5.41) is 12.3. The number of esters is 1. The zero-order chi connectivity index (χ0) is 15.2. The summed E-state index contributed by atoms with van der Waals surface area (Å²) in [7, 11) is 0. The lowest BCUT2D eigenvalue weighted by Crippen LogP contribution is -2.12. The Morgan fingerprint density at radius 2 is 2.10 bits per heavy atom. The van der Waals surface area contributed by atoms with Crippen molar-refractivity contribution in [2.75, 3.05) is 6.61 Å². The van der Waals surface area contributed by atoms with E-state index in [1.54, 1.807) is 30.4 Å². The molecule has 1 heterocycles. The van der Waals surface area contributed by atoms with E-state index in [-0.39, 0.29) is 17.6 Å². The lowest BCUT2D eigenvalue weighted by atomic mass is 9.96. The minimum atomic E-state index is -0.200. The summed E-state index contributed by atoms with van der Waals surface area (Å²) in [5.74, 6) is 0.0483. The van der Waals surface area contributed by atoms with Crippen molar-refractivity contribution in [3.05, 3.63) is 45.9 Å². The molecule has 4 nitrogen and oxygen atoms in total. The second-order valence-electron chi connectivity index (χ2n) is 4.90. The van der Waals surface area contributed by atoms with Crippen molar-refractivity contribution in [2.24, 2.45) is 0 Å². The zero-order valence-corrected chi connectivity index (χ0v) is 13.0. The van der Waals surface area contributed by atoms with Gasteiger partial charge in [-0.25, -0.2) is 4.98 Å². The Morgan fingerprint density at radius 3 is 2.67 bits per heavy atom. The molecular weight excluding hydrogens is 286 g/mol. The monoisotopic (exact) mass is 305 g/mol. The molecule has 0 fully saturated rings. The summed E-state index contributed by atoms with van der Waals surface area (Å²) >= 11 is 1.57. The predicted molar refractivity (Wildman–Crippen MR) is 82.7 cm³/mol. The molecule has 112 valence electrons. The molecule has 0 bridgehead atoms. The second-order valence-corrected chi connectivity index (χ2v) is 5.79. The molecule has 1 unspecified atom stereocenters. The summed E-state index contributed by atoms with van der Waals surface area (Å²) in [5.41, 5.74) is 2.03. The molecule has 0 amide bonds. The average Bonchev–Trinajstić information content (AvgIpc) is 2.87. The number of ether oxygens (including phenoxy) is 1. The number of phenolic OH excluding ortho intramolecular Hbond substituents is 1. The Morgan fingerprint density at radius 1 is 1.38 bits per heavy atom. The zero-order valence-electron chi connectivity index (χ0n) is 12.2. The highest BCUT2D eigenvalue weighted by Crippen LogP contribution is 2.28. The maximum Gasteiger partial charge on any atom is 0.306 e. The van der Waals surface area contributed by atoms with Crippen LogP contribution in [0, 0.1) is 6.92 Å². The van der Waals surface area contributed by atoms with Gasteiger partial charge in [0, 0.05) is 17.0 Å². The van der Waals surface area contributed by atoms with Gasteiger partial charge >= 0.3 is 5.97 Å². The van der Waals surface area contributed by atoms with Gasteiger partial charge in [-0.2, -0.15) is 0 Å². The quantitative estimate of drug-likeness (QED) is 0.831. The number of nitrogens with zero attached hydrogens (tertiary/aromatic N) is 1. The minimum absolute atomic E-state index is 0.00675. The highest BCUT2D eigenvalue weighted by Gasteiger charge is 2.20. The molecule has 0 aliphatic heterocycles. The topological polar surface area (TPSA) is 59.4 Å². The van der Waals surface area contributed by atoms with E-state index in [9.17, 15) is 9.90 Å². The molecule has 1 atom stereocenters. The average molecular weight is 305 g/mol. The van der Waals surface area contributed by atoms with E-state index in [1.165, 1.54) is 0 Å². The molecule has 1 N–H and O–H groups in total. The maximum atomic E-state index is 11.8. The molecule has 5 heteroatoms. The SMILES string of the molecule is CCOC(=O)CC(Cc1ccc(O)cc1)c1nc(C)cs1. The number of hydrogen-bond acceptors (Lipinski definition) is 5. The molecule has 0 radical (unpaired) electrons. The molecular formula is C16H19NO3S. The van der Waals surface area contributed by atoms with E-state index in [2.05, 4.69) is 4.98 Å². The Kier molecular flexibility index (Phi) is 5.33. The largest absolute Gasteiger partial charge is 0.508 e. The molecule has 0 spiro atoms.